The number of hydrogen-bond acceptors (Lipinski definition) is 14. The lowest BCUT2D eigenvalue weighted by Gasteiger charge is -2.46. The number of nitrogens with zero attached hydrogens (tertiary/aromatic N) is 1. The van der Waals surface area contributed by atoms with Gasteiger partial charge < -0.3 is 75.4 Å². The van der Waals surface area contributed by atoms with Gasteiger partial charge in [0.1, 0.15) is 18.8 Å². The highest BCUT2D eigenvalue weighted by Gasteiger charge is 2.56. The summed E-state index contributed by atoms with van der Waals surface area (Å²) in [6.07, 6.45) is -3.20. The van der Waals surface area contributed by atoms with E-state index in [-0.39, 0.29) is 31.2 Å². The van der Waals surface area contributed by atoms with E-state index in [4.69, 9.17) is 24.7 Å². The summed E-state index contributed by atoms with van der Waals surface area (Å²) in [5.41, 5.74) is 5.92. The lowest BCUT2D eigenvalue weighted by Crippen LogP contribution is -3.16. The quantitative estimate of drug-likeness (QED) is 0.0337. The normalized spacial score (nSPS) is 37.5. The van der Waals surface area contributed by atoms with E-state index < -0.39 is 84.9 Å². The van der Waals surface area contributed by atoms with Crippen molar-refractivity contribution < 1.29 is 69.2 Å². The molecule has 3 heterocycles. The van der Waals surface area contributed by atoms with Crippen molar-refractivity contribution in [3.05, 3.63) is 36.6 Å². The first-order valence-electron chi connectivity index (χ1n) is 14.0. The maximum absolute atomic E-state index is 12.7. The van der Waals surface area contributed by atoms with E-state index in [1.165, 1.54) is 20.2 Å². The summed E-state index contributed by atoms with van der Waals surface area (Å²) < 4.78 is 21.6. The number of allylic oxidation sites excluding steroid dienone is 1. The zero-order valence-corrected chi connectivity index (χ0v) is 24.4. The van der Waals surface area contributed by atoms with Gasteiger partial charge in [-0.3, -0.25) is 4.99 Å². The first-order valence-corrected chi connectivity index (χ1v) is 14.0. The van der Waals surface area contributed by atoms with E-state index in [0.29, 0.717) is 6.54 Å². The molecule has 2 saturated heterocycles. The number of aliphatic hydroxyl groups excluding tert-OH is 4. The molecule has 3 rings (SSSR count). The van der Waals surface area contributed by atoms with Gasteiger partial charge in [-0.25, -0.2) is 4.79 Å². The van der Waals surface area contributed by atoms with Crippen LogP contribution < -0.4 is 21.1 Å². The van der Waals surface area contributed by atoms with Crippen molar-refractivity contribution >= 4 is 17.9 Å². The van der Waals surface area contributed by atoms with E-state index >= 15 is 0 Å². The van der Waals surface area contributed by atoms with Crippen molar-refractivity contribution in [2.75, 3.05) is 47.0 Å². The summed E-state index contributed by atoms with van der Waals surface area (Å²) in [5.74, 6) is -8.49. The molecular weight excluding hydrogens is 588 g/mol. The van der Waals surface area contributed by atoms with Gasteiger partial charge in [-0.15, -0.1) is 6.58 Å². The fraction of sp³-hybridized carbons (Fsp3) is 0.667. The molecule has 248 valence electrons. The fourth-order valence-electron chi connectivity index (χ4n) is 5.72. The molecule has 10 N–H and O–H groups in total. The first-order chi connectivity index (χ1) is 20.8. The second kappa shape index (κ2) is 15.2. The van der Waals surface area contributed by atoms with Gasteiger partial charge in [0.25, 0.3) is 0 Å². The summed E-state index contributed by atoms with van der Waals surface area (Å²) in [6, 6.07) is -0.767. The van der Waals surface area contributed by atoms with Crippen LogP contribution in [0.25, 0.3) is 0 Å². The average Bonchev–Trinajstić information content (AvgIpc) is 3.00. The largest absolute Gasteiger partial charge is 0.550 e. The number of carboxylic acids is 1. The Hall–Kier alpha value is -3.13. The van der Waals surface area contributed by atoms with Crippen molar-refractivity contribution in [2.45, 2.75) is 42.7 Å². The van der Waals surface area contributed by atoms with Crippen LogP contribution in [0.2, 0.25) is 0 Å². The molecule has 0 amide bonds. The number of aliphatic imine (C=N–C) groups is 1. The van der Waals surface area contributed by atoms with Crippen molar-refractivity contribution in [3.8, 4) is 0 Å². The van der Waals surface area contributed by atoms with Gasteiger partial charge in [-0.1, -0.05) is 18.2 Å². The minimum atomic E-state index is -3.11. The molecule has 44 heavy (non-hydrogen) atoms. The molecule has 0 aromatic rings. The van der Waals surface area contributed by atoms with Crippen LogP contribution in [0.4, 0.5) is 0 Å². The number of carboxylic acid groups (broad SMARTS) is 1. The van der Waals surface area contributed by atoms with E-state index in [9.17, 15) is 45.3 Å². The molecule has 3 aliphatic heterocycles. The third-order valence-corrected chi connectivity index (χ3v) is 8.17. The first kappa shape index (κ1) is 35.4. The number of aliphatic carboxylic acids is 1. The molecule has 0 saturated carbocycles. The summed E-state index contributed by atoms with van der Waals surface area (Å²) in [4.78, 5) is 29.5. The number of carbonyl (C=O) groups excluding carboxylic acids is 2. The Morgan fingerprint density at radius 3 is 2.52 bits per heavy atom. The van der Waals surface area contributed by atoms with E-state index in [1.807, 2.05) is 0 Å². The molecule has 11 atom stereocenters. The number of ether oxygens (including phenoxy) is 4. The van der Waals surface area contributed by atoms with Crippen LogP contribution >= 0.6 is 0 Å². The molecule has 0 aliphatic carbocycles. The number of likely N-dealkylation sites (tertiary alicyclic amines) is 1. The van der Waals surface area contributed by atoms with Gasteiger partial charge >= 0.3 is 5.97 Å². The molecule has 2 fully saturated rings. The molecule has 0 aromatic heterocycles. The van der Waals surface area contributed by atoms with Crippen LogP contribution in [0, 0.1) is 23.7 Å². The molecule has 17 heteroatoms. The Balaban J connectivity index is 1.97. The van der Waals surface area contributed by atoms with E-state index in [1.54, 1.807) is 12.2 Å². The van der Waals surface area contributed by atoms with Gasteiger partial charge in [0.05, 0.1) is 69.1 Å². The summed E-state index contributed by atoms with van der Waals surface area (Å²) >= 11 is 0. The van der Waals surface area contributed by atoms with Crippen molar-refractivity contribution in [2.24, 2.45) is 34.4 Å². The highest BCUT2D eigenvalue weighted by Crippen LogP contribution is 2.37. The molecule has 17 nitrogen and oxygen atoms in total. The molecule has 4 unspecified atom stereocenters. The van der Waals surface area contributed by atoms with Crippen molar-refractivity contribution in [3.63, 3.8) is 0 Å². The summed E-state index contributed by atoms with van der Waals surface area (Å²) in [6.45, 7) is 3.59. The van der Waals surface area contributed by atoms with Gasteiger partial charge in [0, 0.05) is 18.9 Å². The third kappa shape index (κ3) is 7.56. The van der Waals surface area contributed by atoms with Gasteiger partial charge in [-0.05, 0) is 0 Å². The maximum atomic E-state index is 12.7. The highest BCUT2D eigenvalue weighted by molar-refractivity contribution is 5.89. The number of hydrogen-bond donors (Lipinski definition) is 9. The Morgan fingerprint density at radius 1 is 1.25 bits per heavy atom. The molecular formula is C27H42N4O13. The number of esters is 1. The van der Waals surface area contributed by atoms with Crippen molar-refractivity contribution in [1.29, 1.82) is 0 Å². The zero-order chi connectivity index (χ0) is 32.8. The zero-order valence-electron chi connectivity index (χ0n) is 24.4. The van der Waals surface area contributed by atoms with Crippen LogP contribution in [-0.2, 0) is 28.5 Å². The Morgan fingerprint density at radius 2 is 1.95 bits per heavy atom. The van der Waals surface area contributed by atoms with Crippen LogP contribution in [0.5, 0.6) is 0 Å². The Labute approximate surface area is 253 Å². The topological polar surface area (TPSA) is 270 Å². The average molecular weight is 631 g/mol. The highest BCUT2D eigenvalue weighted by atomic mass is 16.8. The number of nitrogens with two attached hydrogens (primary N) is 1. The van der Waals surface area contributed by atoms with E-state index in [0.717, 1.165) is 11.2 Å². The molecule has 0 bridgehead atoms. The van der Waals surface area contributed by atoms with Crippen LogP contribution in [0.3, 0.4) is 0 Å². The number of rotatable bonds is 11. The van der Waals surface area contributed by atoms with Gasteiger partial charge in [0.2, 0.25) is 12.1 Å². The van der Waals surface area contributed by atoms with Crippen LogP contribution in [0.1, 0.15) is 0 Å². The smallest absolute Gasteiger partial charge is 0.337 e. The molecule has 0 radical (unpaired) electrons. The van der Waals surface area contributed by atoms with Gasteiger partial charge in [-0.2, -0.15) is 0 Å². The monoisotopic (exact) mass is 630 g/mol. The lowest BCUT2D eigenvalue weighted by atomic mass is 9.79. The number of aliphatic hydroxyl groups is 6. The third-order valence-electron chi connectivity index (χ3n) is 8.17. The number of nitrogens with one attached hydrogen (secondary N) is 2. The second-order valence-electron chi connectivity index (χ2n) is 10.8. The number of quaternary nitrogens is 1. The van der Waals surface area contributed by atoms with Gasteiger partial charge in [0.15, 0.2) is 18.4 Å². The number of guanidine groups is 1. The molecule has 0 spiro atoms. The number of methoxy groups -OCH3 is 1. The SMILES string of the molecule is C=C[C@H]1[C@H](O[C@H]2O[C@H](CO)[C@@H](O)C(O)(O)[C@H]2O)OC=C(C(=O)OC)[C@@H]1C=CC1C[NH+](CCO)CC(C(=O)[O-])C1NC(N)=NC. The fourth-order valence-corrected chi connectivity index (χ4v) is 5.72. The summed E-state index contributed by atoms with van der Waals surface area (Å²) in [5, 5.41) is 75.1. The van der Waals surface area contributed by atoms with E-state index in [2.05, 4.69) is 16.9 Å². The Kier molecular flexibility index (Phi) is 12.2. The second-order valence-corrected chi connectivity index (χ2v) is 10.8. The summed E-state index contributed by atoms with van der Waals surface area (Å²) in [7, 11) is 2.60. The molecule has 0 aromatic carbocycles. The molecule has 3 aliphatic rings. The number of carbonyl (C=O) groups is 2. The predicted octanol–water partition coefficient (Wildman–Crippen LogP) is -6.71. The minimum absolute atomic E-state index is 0.00471. The predicted molar refractivity (Wildman–Crippen MR) is 146 cm³/mol. The van der Waals surface area contributed by atoms with Crippen LogP contribution in [-0.4, -0.2) is 138 Å². The Bertz CT molecular complexity index is 1120. The maximum Gasteiger partial charge on any atom is 0.337 e. The standard InChI is InChI=1S/C27H42N4O13/c1-4-14-15(6-5-13-9-31(7-8-32)10-16(22(36)37)19(13)30-26(28)29-2)17(23(38)41-3)12-42-24(14)44-25-21(35)27(39,40)20(34)18(11-33)43-25/h4-6,12-16,18-21,24-25,32-35,39-40H,1,7-11H2,2-3H3,(H,36,37)(H3,28,29,30)/t13?,14-,15-,16?,18-,19?,20-,21+,24+,25-/m1/s1. The van der Waals surface area contributed by atoms with Crippen LogP contribution in [0.15, 0.2) is 41.6 Å². The van der Waals surface area contributed by atoms with Crippen molar-refractivity contribution in [1.82, 2.24) is 5.32 Å². The lowest BCUT2D eigenvalue weighted by molar-refractivity contribution is -0.911. The number of piperidine rings is 1. The minimum Gasteiger partial charge on any atom is -0.550 e.